The number of aromatic hydroxyl groups is 1. The van der Waals surface area contributed by atoms with Gasteiger partial charge in [-0.2, -0.15) is 0 Å². The zero-order chi connectivity index (χ0) is 31.8. The molecule has 0 bridgehead atoms. The van der Waals surface area contributed by atoms with Crippen LogP contribution >= 0.6 is 0 Å². The molecule has 2 rings (SSSR count). The molecular formula is C36H61N3O2S. The molecule has 0 amide bonds. The summed E-state index contributed by atoms with van der Waals surface area (Å²) >= 11 is 0. The number of unbranched alkanes of at least 4 members (excludes halogenated alkanes) is 9. The predicted octanol–water partition coefficient (Wildman–Crippen LogP) is 10.3. The molecule has 42 heavy (non-hydrogen) atoms. The lowest BCUT2D eigenvalue weighted by Gasteiger charge is -2.31. The number of phenols is 1. The average Bonchev–Trinajstić information content (AvgIpc) is 2.93. The van der Waals surface area contributed by atoms with Crippen LogP contribution < -0.4 is 5.73 Å². The standard InChI is InChI=1S/C22H39NO.C14H22N2OS/c1-7-9-11-13-21(3,4)17-15-18(20(24)19(23)16-17)22(5,6)14-12-10-8-2;1-2-3-4-5-6-7-10-18(17)12-8-9-13(15)14(16)11-12/h15-16,24H,7-14,23H2,1-6H3;8-9,11,15-16H,2-7,10H2,1H3. The number of allylic oxidation sites excluding steroid dienone is 3. The highest BCUT2D eigenvalue weighted by Crippen LogP contribution is 2.42. The number of hydrogen-bond donors (Lipinski definition) is 4. The van der Waals surface area contributed by atoms with Gasteiger partial charge in [-0.3, -0.25) is 15.0 Å². The third-order valence-electron chi connectivity index (χ3n) is 8.40. The summed E-state index contributed by atoms with van der Waals surface area (Å²) in [5, 5.41) is 25.5. The molecule has 0 aliphatic heterocycles. The van der Waals surface area contributed by atoms with Gasteiger partial charge in [-0.1, -0.05) is 125 Å². The summed E-state index contributed by atoms with van der Waals surface area (Å²) in [5.74, 6) is 0.952. The Labute approximate surface area is 260 Å². The number of nitrogen functional groups attached to an aromatic ring is 1. The quantitative estimate of drug-likeness (QED) is 0.0583. The van der Waals surface area contributed by atoms with E-state index in [9.17, 15) is 9.32 Å². The number of anilines is 1. The molecule has 1 aliphatic rings. The van der Waals surface area contributed by atoms with Gasteiger partial charge >= 0.3 is 0 Å². The Balaban J connectivity index is 0.000000437. The van der Waals surface area contributed by atoms with Gasteiger partial charge in [-0.15, -0.1) is 0 Å². The fourth-order valence-electron chi connectivity index (χ4n) is 5.27. The summed E-state index contributed by atoms with van der Waals surface area (Å²) in [4.78, 5) is 0.685. The van der Waals surface area contributed by atoms with Crippen molar-refractivity contribution in [3.8, 4) is 5.75 Å². The fraction of sp³-hybridized carbons (Fsp3) is 0.667. The van der Waals surface area contributed by atoms with E-state index in [-0.39, 0.29) is 28.0 Å². The SMILES string of the molecule is CCCCCC(C)(C)c1cc(N)c(O)c(C(C)(C)CCCCC)c1.CCCCCCCCS(=O)C1=CC(=N)C(=N)C=C1. The van der Waals surface area contributed by atoms with Crippen molar-refractivity contribution in [2.24, 2.45) is 0 Å². The third-order valence-corrected chi connectivity index (χ3v) is 9.84. The average molecular weight is 600 g/mol. The van der Waals surface area contributed by atoms with Crippen LogP contribution in [0.1, 0.15) is 149 Å². The summed E-state index contributed by atoms with van der Waals surface area (Å²) in [6.07, 6.45) is 21.6. The van der Waals surface area contributed by atoms with E-state index in [0.717, 1.165) is 31.2 Å². The van der Waals surface area contributed by atoms with Crippen LogP contribution in [0.2, 0.25) is 0 Å². The lowest BCUT2D eigenvalue weighted by Crippen LogP contribution is -2.22. The van der Waals surface area contributed by atoms with Gasteiger partial charge in [0.1, 0.15) is 5.75 Å². The van der Waals surface area contributed by atoms with Crippen LogP contribution in [-0.2, 0) is 21.6 Å². The van der Waals surface area contributed by atoms with E-state index < -0.39 is 10.8 Å². The van der Waals surface area contributed by atoms with E-state index in [1.165, 1.54) is 69.8 Å². The van der Waals surface area contributed by atoms with Crippen molar-refractivity contribution in [1.82, 2.24) is 0 Å². The molecule has 5 N–H and O–H groups in total. The first kappa shape index (κ1) is 37.8. The molecule has 1 aliphatic carbocycles. The van der Waals surface area contributed by atoms with Crippen molar-refractivity contribution in [1.29, 1.82) is 10.8 Å². The zero-order valence-corrected chi connectivity index (χ0v) is 28.7. The van der Waals surface area contributed by atoms with E-state index in [1.807, 2.05) is 6.07 Å². The number of benzene rings is 1. The van der Waals surface area contributed by atoms with Gasteiger partial charge in [0.15, 0.2) is 0 Å². The van der Waals surface area contributed by atoms with E-state index in [4.69, 9.17) is 16.6 Å². The summed E-state index contributed by atoms with van der Waals surface area (Å²) in [5.41, 5.74) is 9.35. The van der Waals surface area contributed by atoms with E-state index in [0.29, 0.717) is 16.3 Å². The molecule has 0 fully saturated rings. The minimum Gasteiger partial charge on any atom is -0.505 e. The lowest BCUT2D eigenvalue weighted by molar-refractivity contribution is 0.404. The van der Waals surface area contributed by atoms with Gasteiger partial charge in [0, 0.05) is 16.2 Å². The maximum Gasteiger partial charge on any atom is 0.142 e. The van der Waals surface area contributed by atoms with Crippen LogP contribution in [0.4, 0.5) is 5.69 Å². The maximum absolute atomic E-state index is 12.0. The van der Waals surface area contributed by atoms with Crippen LogP contribution in [0.3, 0.4) is 0 Å². The van der Waals surface area contributed by atoms with Gasteiger partial charge in [0.2, 0.25) is 0 Å². The highest BCUT2D eigenvalue weighted by Gasteiger charge is 2.29. The molecule has 1 aromatic rings. The Hall–Kier alpha value is -2.21. The monoisotopic (exact) mass is 599 g/mol. The first-order valence-corrected chi connectivity index (χ1v) is 17.7. The maximum atomic E-state index is 12.0. The Morgan fingerprint density at radius 2 is 1.26 bits per heavy atom. The minimum absolute atomic E-state index is 0.0527. The number of hydrogen-bond acceptors (Lipinski definition) is 5. The normalized spacial score (nSPS) is 14.4. The zero-order valence-electron chi connectivity index (χ0n) is 27.8. The molecule has 0 saturated heterocycles. The first-order valence-electron chi connectivity index (χ1n) is 16.4. The molecule has 0 aromatic heterocycles. The molecule has 238 valence electrons. The smallest absolute Gasteiger partial charge is 0.142 e. The van der Waals surface area contributed by atoms with Crippen LogP contribution in [0.5, 0.6) is 5.75 Å². The molecule has 0 heterocycles. The Kier molecular flexibility index (Phi) is 17.2. The molecule has 1 aromatic carbocycles. The number of nitrogens with one attached hydrogen (secondary N) is 2. The molecule has 1 unspecified atom stereocenters. The summed E-state index contributed by atoms with van der Waals surface area (Å²) in [7, 11) is -1.01. The highest BCUT2D eigenvalue weighted by atomic mass is 32.2. The largest absolute Gasteiger partial charge is 0.505 e. The van der Waals surface area contributed by atoms with Crippen LogP contribution in [0.25, 0.3) is 0 Å². The molecular weight excluding hydrogens is 538 g/mol. The first-order chi connectivity index (χ1) is 19.8. The molecule has 5 nitrogen and oxygen atoms in total. The Bertz CT molecular complexity index is 1090. The minimum atomic E-state index is -1.01. The second-order valence-corrected chi connectivity index (χ2v) is 14.7. The molecule has 0 radical (unpaired) electrons. The van der Waals surface area contributed by atoms with Crippen LogP contribution in [-0.4, -0.2) is 26.5 Å². The molecule has 0 spiro atoms. The van der Waals surface area contributed by atoms with Crippen LogP contribution in [0.15, 0.2) is 35.3 Å². The summed E-state index contributed by atoms with van der Waals surface area (Å²) < 4.78 is 12.0. The Morgan fingerprint density at radius 1 is 0.738 bits per heavy atom. The molecule has 1 atom stereocenters. The topological polar surface area (TPSA) is 111 Å². The number of rotatable bonds is 18. The Morgan fingerprint density at radius 3 is 1.83 bits per heavy atom. The molecule has 0 saturated carbocycles. The van der Waals surface area contributed by atoms with E-state index >= 15 is 0 Å². The van der Waals surface area contributed by atoms with Crippen molar-refractivity contribution in [3.63, 3.8) is 0 Å². The second-order valence-electron chi connectivity index (χ2n) is 13.2. The summed E-state index contributed by atoms with van der Waals surface area (Å²) in [6, 6.07) is 4.19. The molecule has 6 heteroatoms. The predicted molar refractivity (Wildman–Crippen MR) is 186 cm³/mol. The van der Waals surface area contributed by atoms with E-state index in [1.54, 1.807) is 18.2 Å². The van der Waals surface area contributed by atoms with Gasteiger partial charge in [-0.25, -0.2) is 0 Å². The van der Waals surface area contributed by atoms with Crippen LogP contribution in [0, 0.1) is 10.8 Å². The second kappa shape index (κ2) is 19.1. The van der Waals surface area contributed by atoms with Crippen molar-refractivity contribution in [2.75, 3.05) is 11.5 Å². The third kappa shape index (κ3) is 13.0. The fourth-order valence-corrected chi connectivity index (χ4v) is 6.44. The van der Waals surface area contributed by atoms with Crippen molar-refractivity contribution in [2.45, 2.75) is 149 Å². The van der Waals surface area contributed by atoms with Gasteiger partial charge in [-0.05, 0) is 60.0 Å². The highest BCUT2D eigenvalue weighted by molar-refractivity contribution is 7.89. The number of nitrogens with two attached hydrogens (primary N) is 1. The lowest BCUT2D eigenvalue weighted by atomic mass is 9.74. The van der Waals surface area contributed by atoms with Crippen molar-refractivity contribution < 1.29 is 9.32 Å². The van der Waals surface area contributed by atoms with Gasteiger partial charge in [0.25, 0.3) is 0 Å². The van der Waals surface area contributed by atoms with Crippen molar-refractivity contribution in [3.05, 3.63) is 46.4 Å². The van der Waals surface area contributed by atoms with Crippen molar-refractivity contribution >= 4 is 27.9 Å². The van der Waals surface area contributed by atoms with E-state index in [2.05, 4.69) is 54.5 Å². The van der Waals surface area contributed by atoms with Gasteiger partial charge < -0.3 is 10.8 Å². The number of phenolic OH excluding ortho intramolecular Hbond substituents is 1. The van der Waals surface area contributed by atoms with Gasteiger partial charge in [0.05, 0.1) is 27.9 Å². The summed E-state index contributed by atoms with van der Waals surface area (Å²) in [6.45, 7) is 15.7.